The van der Waals surface area contributed by atoms with Crippen LogP contribution in [0, 0.1) is 12.8 Å². The number of carbonyl (C=O) groups is 1. The first-order chi connectivity index (χ1) is 8.66. The van der Waals surface area contributed by atoms with Crippen LogP contribution in [0.1, 0.15) is 48.0 Å². The number of carbonyl (C=O) groups excluding carboxylic acids is 1. The molecule has 1 fully saturated rings. The number of benzene rings is 1. The first-order valence-corrected chi connectivity index (χ1v) is 6.70. The Morgan fingerprint density at radius 2 is 2.06 bits per heavy atom. The Labute approximate surface area is 108 Å². The quantitative estimate of drug-likeness (QED) is 0.658. The van der Waals surface area contributed by atoms with Gasteiger partial charge in [0.1, 0.15) is 0 Å². The van der Waals surface area contributed by atoms with Gasteiger partial charge in [-0.3, -0.25) is 0 Å². The highest BCUT2D eigenvalue weighted by Crippen LogP contribution is 2.24. The van der Waals surface area contributed by atoms with E-state index in [0.717, 1.165) is 5.56 Å². The molecule has 0 radical (unpaired) electrons. The number of anilines is 1. The van der Waals surface area contributed by atoms with Gasteiger partial charge in [-0.15, -0.1) is 0 Å². The number of esters is 1. The van der Waals surface area contributed by atoms with E-state index in [2.05, 4.69) is 0 Å². The Hall–Kier alpha value is -1.51. The van der Waals surface area contributed by atoms with Gasteiger partial charge in [0.05, 0.1) is 12.2 Å². The Morgan fingerprint density at radius 1 is 1.33 bits per heavy atom. The molecule has 1 saturated carbocycles. The first-order valence-electron chi connectivity index (χ1n) is 6.70. The standard InChI is InChI=1S/C15H21NO2/c1-11-7-8-13(16)9-14(11)15(17)18-10-12-5-3-2-4-6-12/h7-9,12H,2-6,10,16H2,1H3. The van der Waals surface area contributed by atoms with Crippen LogP contribution < -0.4 is 5.73 Å². The van der Waals surface area contributed by atoms with E-state index in [-0.39, 0.29) is 5.97 Å². The average molecular weight is 247 g/mol. The molecule has 1 aromatic rings. The molecule has 0 aromatic heterocycles. The fraction of sp³-hybridized carbons (Fsp3) is 0.533. The minimum atomic E-state index is -0.245. The van der Waals surface area contributed by atoms with Crippen molar-refractivity contribution in [2.24, 2.45) is 5.92 Å². The van der Waals surface area contributed by atoms with Crippen molar-refractivity contribution in [3.05, 3.63) is 29.3 Å². The van der Waals surface area contributed by atoms with Crippen LogP contribution in [0.2, 0.25) is 0 Å². The minimum absolute atomic E-state index is 0.245. The second kappa shape index (κ2) is 5.89. The molecule has 1 aliphatic rings. The lowest BCUT2D eigenvalue weighted by molar-refractivity contribution is 0.0409. The Balaban J connectivity index is 1.92. The van der Waals surface area contributed by atoms with Crippen molar-refractivity contribution in [1.29, 1.82) is 0 Å². The van der Waals surface area contributed by atoms with Gasteiger partial charge in [-0.1, -0.05) is 25.3 Å². The zero-order valence-electron chi connectivity index (χ0n) is 10.9. The largest absolute Gasteiger partial charge is 0.462 e. The number of nitrogens with two attached hydrogens (primary N) is 1. The van der Waals surface area contributed by atoms with Crippen molar-refractivity contribution in [3.63, 3.8) is 0 Å². The Kier molecular flexibility index (Phi) is 4.24. The van der Waals surface area contributed by atoms with Gasteiger partial charge >= 0.3 is 5.97 Å². The molecule has 1 aromatic carbocycles. The molecule has 2 rings (SSSR count). The van der Waals surface area contributed by atoms with E-state index in [4.69, 9.17) is 10.5 Å². The number of hydrogen-bond donors (Lipinski definition) is 1. The highest BCUT2D eigenvalue weighted by Gasteiger charge is 2.17. The molecule has 0 aliphatic heterocycles. The summed E-state index contributed by atoms with van der Waals surface area (Å²) < 4.78 is 5.41. The fourth-order valence-corrected chi connectivity index (χ4v) is 2.48. The summed E-state index contributed by atoms with van der Waals surface area (Å²) in [5.41, 5.74) is 7.80. The van der Waals surface area contributed by atoms with Crippen molar-refractivity contribution in [3.8, 4) is 0 Å². The van der Waals surface area contributed by atoms with Crippen molar-refractivity contribution in [1.82, 2.24) is 0 Å². The summed E-state index contributed by atoms with van der Waals surface area (Å²) in [7, 11) is 0. The van der Waals surface area contributed by atoms with Crippen LogP contribution in [0.4, 0.5) is 5.69 Å². The molecule has 0 amide bonds. The second-order valence-electron chi connectivity index (χ2n) is 5.18. The molecule has 98 valence electrons. The zero-order chi connectivity index (χ0) is 13.0. The second-order valence-corrected chi connectivity index (χ2v) is 5.18. The summed E-state index contributed by atoms with van der Waals surface area (Å²) in [6.45, 7) is 2.45. The number of rotatable bonds is 3. The van der Waals surface area contributed by atoms with Crippen molar-refractivity contribution in [2.75, 3.05) is 12.3 Å². The van der Waals surface area contributed by atoms with E-state index in [1.807, 2.05) is 13.0 Å². The normalized spacial score (nSPS) is 16.5. The SMILES string of the molecule is Cc1ccc(N)cc1C(=O)OCC1CCCCC1. The number of nitrogen functional groups attached to an aromatic ring is 1. The van der Waals surface area contributed by atoms with Gasteiger partial charge in [0.25, 0.3) is 0 Å². The third-order valence-electron chi connectivity index (χ3n) is 3.66. The molecule has 2 N–H and O–H groups in total. The molecule has 0 bridgehead atoms. The minimum Gasteiger partial charge on any atom is -0.462 e. The van der Waals surface area contributed by atoms with Crippen LogP contribution in [0.3, 0.4) is 0 Å². The van der Waals surface area contributed by atoms with Gasteiger partial charge in [0.15, 0.2) is 0 Å². The van der Waals surface area contributed by atoms with Crippen molar-refractivity contribution < 1.29 is 9.53 Å². The number of aryl methyl sites for hydroxylation is 1. The highest BCUT2D eigenvalue weighted by molar-refractivity contribution is 5.92. The molecule has 0 atom stereocenters. The van der Waals surface area contributed by atoms with E-state index in [9.17, 15) is 4.79 Å². The van der Waals surface area contributed by atoms with Crippen LogP contribution in [-0.4, -0.2) is 12.6 Å². The molecule has 0 heterocycles. The lowest BCUT2D eigenvalue weighted by Crippen LogP contribution is -2.17. The van der Waals surface area contributed by atoms with E-state index in [0.29, 0.717) is 23.8 Å². The average Bonchev–Trinajstić information content (AvgIpc) is 2.40. The maximum atomic E-state index is 12.0. The van der Waals surface area contributed by atoms with Crippen LogP contribution in [-0.2, 0) is 4.74 Å². The van der Waals surface area contributed by atoms with Gasteiger partial charge in [-0.25, -0.2) is 4.79 Å². The number of hydrogen-bond acceptors (Lipinski definition) is 3. The van der Waals surface area contributed by atoms with E-state index >= 15 is 0 Å². The summed E-state index contributed by atoms with van der Waals surface area (Å²) in [6.07, 6.45) is 6.21. The predicted molar refractivity (Wildman–Crippen MR) is 72.4 cm³/mol. The van der Waals surface area contributed by atoms with Crippen molar-refractivity contribution >= 4 is 11.7 Å². The van der Waals surface area contributed by atoms with E-state index < -0.39 is 0 Å². The smallest absolute Gasteiger partial charge is 0.338 e. The Bertz CT molecular complexity index is 423. The lowest BCUT2D eigenvalue weighted by Gasteiger charge is -2.21. The summed E-state index contributed by atoms with van der Waals surface area (Å²) in [6, 6.07) is 5.35. The highest BCUT2D eigenvalue weighted by atomic mass is 16.5. The van der Waals surface area contributed by atoms with Gasteiger partial charge in [-0.05, 0) is 43.4 Å². The first kappa shape index (κ1) is 12.9. The van der Waals surface area contributed by atoms with Crippen LogP contribution in [0.15, 0.2) is 18.2 Å². The molecule has 0 spiro atoms. The molecular weight excluding hydrogens is 226 g/mol. The van der Waals surface area contributed by atoms with Crippen LogP contribution >= 0.6 is 0 Å². The molecule has 3 heteroatoms. The molecule has 0 unspecified atom stereocenters. The van der Waals surface area contributed by atoms with Crippen LogP contribution in [0.5, 0.6) is 0 Å². The molecule has 0 saturated heterocycles. The van der Waals surface area contributed by atoms with Gasteiger partial charge < -0.3 is 10.5 Å². The molecular formula is C15H21NO2. The van der Waals surface area contributed by atoms with Gasteiger partial charge in [0, 0.05) is 5.69 Å². The predicted octanol–water partition coefficient (Wildman–Crippen LogP) is 3.31. The molecule has 3 nitrogen and oxygen atoms in total. The summed E-state index contributed by atoms with van der Waals surface area (Å²) in [5, 5.41) is 0. The third-order valence-corrected chi connectivity index (χ3v) is 3.66. The van der Waals surface area contributed by atoms with E-state index in [1.54, 1.807) is 12.1 Å². The monoisotopic (exact) mass is 247 g/mol. The van der Waals surface area contributed by atoms with Crippen LogP contribution in [0.25, 0.3) is 0 Å². The maximum absolute atomic E-state index is 12.0. The Morgan fingerprint density at radius 3 is 2.78 bits per heavy atom. The summed E-state index contributed by atoms with van der Waals surface area (Å²) in [5.74, 6) is 0.300. The zero-order valence-corrected chi connectivity index (χ0v) is 10.9. The van der Waals surface area contributed by atoms with Gasteiger partial charge in [0.2, 0.25) is 0 Å². The molecule has 18 heavy (non-hydrogen) atoms. The topological polar surface area (TPSA) is 52.3 Å². The fourth-order valence-electron chi connectivity index (χ4n) is 2.48. The van der Waals surface area contributed by atoms with Gasteiger partial charge in [-0.2, -0.15) is 0 Å². The lowest BCUT2D eigenvalue weighted by atomic mass is 9.90. The third kappa shape index (κ3) is 3.25. The molecule has 1 aliphatic carbocycles. The van der Waals surface area contributed by atoms with E-state index in [1.165, 1.54) is 32.1 Å². The van der Waals surface area contributed by atoms with Crippen molar-refractivity contribution in [2.45, 2.75) is 39.0 Å². The maximum Gasteiger partial charge on any atom is 0.338 e. The summed E-state index contributed by atoms with van der Waals surface area (Å²) in [4.78, 5) is 12.0. The summed E-state index contributed by atoms with van der Waals surface area (Å²) >= 11 is 0. The number of ether oxygens (including phenoxy) is 1.